The number of nitriles is 1. The summed E-state index contributed by atoms with van der Waals surface area (Å²) < 4.78 is 10.7. The zero-order chi connectivity index (χ0) is 18.2. The molecule has 25 heavy (non-hydrogen) atoms. The normalized spacial score (nSPS) is 11.0. The molecule has 0 spiro atoms. The first-order chi connectivity index (χ1) is 12.0. The standard InChI is InChI=1S/C19H16N2O4/c1-13(21)16(11-20)17(22)12-24-19(23)15-9-5-6-10-18(15)25-14-7-3-2-4-8-14/h2-10,16,21H,12H2,1H3. The number of hydrogen-bond donors (Lipinski definition) is 1. The Balaban J connectivity index is 2.09. The number of ether oxygens (including phenoxy) is 2. The van der Waals surface area contributed by atoms with Gasteiger partial charge in [-0.2, -0.15) is 5.26 Å². The van der Waals surface area contributed by atoms with Gasteiger partial charge in [-0.05, 0) is 31.2 Å². The second-order valence-corrected chi connectivity index (χ2v) is 5.20. The lowest BCUT2D eigenvalue weighted by Crippen LogP contribution is -2.25. The van der Waals surface area contributed by atoms with Gasteiger partial charge in [-0.25, -0.2) is 4.79 Å². The average molecular weight is 336 g/mol. The summed E-state index contributed by atoms with van der Waals surface area (Å²) >= 11 is 0. The van der Waals surface area contributed by atoms with Crippen LogP contribution in [0.5, 0.6) is 11.5 Å². The van der Waals surface area contributed by atoms with E-state index in [1.807, 2.05) is 6.07 Å². The summed E-state index contributed by atoms with van der Waals surface area (Å²) in [6.07, 6.45) is 0. The highest BCUT2D eigenvalue weighted by molar-refractivity contribution is 6.06. The van der Waals surface area contributed by atoms with E-state index in [-0.39, 0.29) is 11.3 Å². The van der Waals surface area contributed by atoms with Crippen LogP contribution in [0.4, 0.5) is 0 Å². The Bertz CT molecular complexity index is 825. The van der Waals surface area contributed by atoms with Crippen LogP contribution >= 0.6 is 0 Å². The smallest absolute Gasteiger partial charge is 0.342 e. The maximum atomic E-state index is 12.2. The summed E-state index contributed by atoms with van der Waals surface area (Å²) in [4.78, 5) is 24.1. The molecule has 0 aliphatic heterocycles. The maximum Gasteiger partial charge on any atom is 0.342 e. The predicted octanol–water partition coefficient (Wildman–Crippen LogP) is 3.38. The molecule has 0 amide bonds. The Hall–Kier alpha value is -3.46. The Morgan fingerprint density at radius 2 is 1.76 bits per heavy atom. The summed E-state index contributed by atoms with van der Waals surface area (Å²) in [5.74, 6) is -1.72. The van der Waals surface area contributed by atoms with Crippen molar-refractivity contribution in [2.75, 3.05) is 6.61 Å². The van der Waals surface area contributed by atoms with E-state index in [1.165, 1.54) is 13.0 Å². The van der Waals surface area contributed by atoms with Crippen molar-refractivity contribution in [2.45, 2.75) is 6.92 Å². The third kappa shape index (κ3) is 4.75. The molecule has 0 aliphatic carbocycles. The van der Waals surface area contributed by atoms with Crippen LogP contribution in [0, 0.1) is 22.7 Å². The Labute approximate surface area is 145 Å². The van der Waals surface area contributed by atoms with Crippen LogP contribution in [0.3, 0.4) is 0 Å². The van der Waals surface area contributed by atoms with Gasteiger partial charge in [0.2, 0.25) is 0 Å². The van der Waals surface area contributed by atoms with Crippen molar-refractivity contribution >= 4 is 17.5 Å². The fraction of sp³-hybridized carbons (Fsp3) is 0.158. The Morgan fingerprint density at radius 1 is 1.12 bits per heavy atom. The van der Waals surface area contributed by atoms with E-state index in [0.29, 0.717) is 11.5 Å². The number of esters is 1. The minimum Gasteiger partial charge on any atom is -0.456 e. The average Bonchev–Trinajstić information content (AvgIpc) is 2.61. The molecular weight excluding hydrogens is 320 g/mol. The van der Waals surface area contributed by atoms with Crippen LogP contribution in [-0.4, -0.2) is 24.1 Å². The van der Waals surface area contributed by atoms with Gasteiger partial charge in [0.1, 0.15) is 23.0 Å². The van der Waals surface area contributed by atoms with Crippen LogP contribution in [-0.2, 0) is 9.53 Å². The number of ketones is 1. The molecule has 0 fully saturated rings. The molecule has 2 aromatic carbocycles. The van der Waals surface area contributed by atoms with Gasteiger partial charge >= 0.3 is 5.97 Å². The third-order valence-electron chi connectivity index (χ3n) is 3.31. The molecule has 6 nitrogen and oxygen atoms in total. The molecule has 0 saturated heterocycles. The minimum atomic E-state index is -1.20. The fourth-order valence-corrected chi connectivity index (χ4v) is 2.05. The molecule has 1 atom stereocenters. The summed E-state index contributed by atoms with van der Waals surface area (Å²) in [6, 6.07) is 17.2. The molecule has 2 aromatic rings. The van der Waals surface area contributed by atoms with Gasteiger partial charge in [0.15, 0.2) is 12.4 Å². The summed E-state index contributed by atoms with van der Waals surface area (Å²) in [5.41, 5.74) is 0.0793. The van der Waals surface area contributed by atoms with E-state index < -0.39 is 24.3 Å². The number of carbonyl (C=O) groups is 2. The SMILES string of the molecule is CC(=N)C(C#N)C(=O)COC(=O)c1ccccc1Oc1ccccc1. The van der Waals surface area contributed by atoms with Crippen molar-refractivity contribution < 1.29 is 19.1 Å². The topological polar surface area (TPSA) is 100 Å². The lowest BCUT2D eigenvalue weighted by atomic mass is 10.0. The van der Waals surface area contributed by atoms with Gasteiger partial charge in [0.25, 0.3) is 0 Å². The quantitative estimate of drug-likeness (QED) is 0.617. The van der Waals surface area contributed by atoms with Crippen molar-refractivity contribution in [3.63, 3.8) is 0 Å². The lowest BCUT2D eigenvalue weighted by Gasteiger charge is -2.11. The number of carbonyl (C=O) groups excluding carboxylic acids is 2. The van der Waals surface area contributed by atoms with Gasteiger partial charge < -0.3 is 14.9 Å². The first kappa shape index (κ1) is 17.9. The third-order valence-corrected chi connectivity index (χ3v) is 3.31. The molecule has 0 bridgehead atoms. The number of nitrogens with one attached hydrogen (secondary N) is 1. The van der Waals surface area contributed by atoms with Gasteiger partial charge in [0, 0.05) is 5.71 Å². The summed E-state index contributed by atoms with van der Waals surface area (Å²) in [7, 11) is 0. The largest absolute Gasteiger partial charge is 0.456 e. The van der Waals surface area contributed by atoms with Crippen LogP contribution < -0.4 is 4.74 Å². The van der Waals surface area contributed by atoms with E-state index in [9.17, 15) is 9.59 Å². The number of rotatable bonds is 7. The number of nitrogens with zero attached hydrogens (tertiary/aromatic N) is 1. The van der Waals surface area contributed by atoms with Crippen molar-refractivity contribution in [3.8, 4) is 17.6 Å². The Morgan fingerprint density at radius 3 is 2.40 bits per heavy atom. The summed E-state index contributed by atoms with van der Waals surface area (Å²) in [6.45, 7) is 0.781. The fourth-order valence-electron chi connectivity index (χ4n) is 2.05. The van der Waals surface area contributed by atoms with E-state index in [0.717, 1.165) is 0 Å². The van der Waals surface area contributed by atoms with Crippen LogP contribution in [0.25, 0.3) is 0 Å². The molecule has 1 N–H and O–H groups in total. The van der Waals surface area contributed by atoms with Gasteiger partial charge in [-0.1, -0.05) is 30.3 Å². The van der Waals surface area contributed by atoms with Crippen molar-refractivity contribution in [3.05, 3.63) is 60.2 Å². The van der Waals surface area contributed by atoms with Gasteiger partial charge in [-0.15, -0.1) is 0 Å². The first-order valence-corrected chi connectivity index (χ1v) is 7.49. The zero-order valence-electron chi connectivity index (χ0n) is 13.6. The van der Waals surface area contributed by atoms with Crippen LogP contribution in [0.2, 0.25) is 0 Å². The molecule has 2 rings (SSSR count). The van der Waals surface area contributed by atoms with E-state index in [1.54, 1.807) is 48.5 Å². The molecule has 6 heteroatoms. The highest BCUT2D eigenvalue weighted by Crippen LogP contribution is 2.25. The Kier molecular flexibility index (Phi) is 6.02. The maximum absolute atomic E-state index is 12.2. The highest BCUT2D eigenvalue weighted by Gasteiger charge is 2.22. The van der Waals surface area contributed by atoms with Crippen LogP contribution in [0.15, 0.2) is 54.6 Å². The van der Waals surface area contributed by atoms with E-state index >= 15 is 0 Å². The number of benzene rings is 2. The lowest BCUT2D eigenvalue weighted by molar-refractivity contribution is -0.122. The minimum absolute atomic E-state index is 0.0867. The number of Topliss-reactive ketones (excluding diaryl/α,β-unsaturated/α-hetero) is 1. The van der Waals surface area contributed by atoms with E-state index in [4.69, 9.17) is 20.1 Å². The first-order valence-electron chi connectivity index (χ1n) is 7.49. The molecule has 0 aromatic heterocycles. The molecule has 0 saturated carbocycles. The zero-order valence-corrected chi connectivity index (χ0v) is 13.6. The molecule has 1 unspecified atom stereocenters. The van der Waals surface area contributed by atoms with Crippen molar-refractivity contribution in [1.82, 2.24) is 0 Å². The van der Waals surface area contributed by atoms with Crippen molar-refractivity contribution in [2.24, 2.45) is 5.92 Å². The number of para-hydroxylation sites is 2. The van der Waals surface area contributed by atoms with E-state index in [2.05, 4.69) is 0 Å². The predicted molar refractivity (Wildman–Crippen MR) is 90.8 cm³/mol. The molecule has 0 heterocycles. The second kappa shape index (κ2) is 8.41. The summed E-state index contributed by atoms with van der Waals surface area (Å²) in [5, 5.41) is 16.3. The monoisotopic (exact) mass is 336 g/mol. The second-order valence-electron chi connectivity index (χ2n) is 5.20. The van der Waals surface area contributed by atoms with Crippen molar-refractivity contribution in [1.29, 1.82) is 10.7 Å². The van der Waals surface area contributed by atoms with Gasteiger partial charge in [-0.3, -0.25) is 4.79 Å². The highest BCUT2D eigenvalue weighted by atomic mass is 16.5. The van der Waals surface area contributed by atoms with Gasteiger partial charge in [0.05, 0.1) is 6.07 Å². The molecule has 126 valence electrons. The number of hydrogen-bond acceptors (Lipinski definition) is 6. The van der Waals surface area contributed by atoms with Crippen LogP contribution in [0.1, 0.15) is 17.3 Å². The molecule has 0 aliphatic rings. The molecular formula is C19H16N2O4. The molecule has 0 radical (unpaired) electrons.